The standard InChI is InChI=1S/C25H46O12/c1-2-3-4-5-6-7-8-9-16(28)11-34-12-18-20(29)23(32)21(30)19(36-18)13-35-15-25(14-27)24(33)22(31)17(10-26)37-25/h17-24,26-27,29-33H,2-15H2,1H3/t17-,18?,19-,20-,21?,22?,23?,24?,25+/m1/s1. The highest BCUT2D eigenvalue weighted by molar-refractivity contribution is 5.79. The second-order valence-corrected chi connectivity index (χ2v) is 10.1. The molecule has 0 saturated carbocycles. The van der Waals surface area contributed by atoms with E-state index in [1.54, 1.807) is 0 Å². The molecule has 2 fully saturated rings. The van der Waals surface area contributed by atoms with E-state index in [1.807, 2.05) is 0 Å². The molecule has 0 amide bonds. The summed E-state index contributed by atoms with van der Waals surface area (Å²) < 4.78 is 22.0. The Bertz CT molecular complexity index is 651. The number of hydrogen-bond donors (Lipinski definition) is 7. The van der Waals surface area contributed by atoms with Crippen molar-refractivity contribution in [2.75, 3.05) is 39.6 Å². The average molecular weight is 539 g/mol. The Morgan fingerprint density at radius 2 is 1.38 bits per heavy atom. The van der Waals surface area contributed by atoms with Gasteiger partial charge in [0.2, 0.25) is 0 Å². The Hall–Kier alpha value is -0.770. The maximum atomic E-state index is 12.1. The van der Waals surface area contributed by atoms with Crippen LogP contribution in [0.1, 0.15) is 58.3 Å². The van der Waals surface area contributed by atoms with Gasteiger partial charge in [0.05, 0.1) is 33.0 Å². The molecule has 0 spiro atoms. The molecule has 2 rings (SSSR count). The molecule has 0 aromatic rings. The van der Waals surface area contributed by atoms with E-state index in [2.05, 4.69) is 6.92 Å². The molecule has 37 heavy (non-hydrogen) atoms. The minimum absolute atomic E-state index is 0.0629. The Balaban J connectivity index is 1.75. The molecule has 0 aromatic heterocycles. The first-order chi connectivity index (χ1) is 17.7. The van der Waals surface area contributed by atoms with Crippen LogP contribution in [-0.4, -0.2) is 136 Å². The summed E-state index contributed by atoms with van der Waals surface area (Å²) in [5, 5.41) is 70.0. The van der Waals surface area contributed by atoms with Crippen LogP contribution in [0.2, 0.25) is 0 Å². The smallest absolute Gasteiger partial charge is 0.158 e. The number of unbranched alkanes of at least 4 members (excludes halogenated alkanes) is 6. The van der Waals surface area contributed by atoms with Crippen molar-refractivity contribution in [3.8, 4) is 0 Å². The predicted molar refractivity (Wildman–Crippen MR) is 130 cm³/mol. The molecule has 5 unspecified atom stereocenters. The van der Waals surface area contributed by atoms with Crippen molar-refractivity contribution in [3.05, 3.63) is 0 Å². The lowest BCUT2D eigenvalue weighted by atomic mass is 9.95. The van der Waals surface area contributed by atoms with Crippen molar-refractivity contribution in [1.29, 1.82) is 0 Å². The molecule has 12 heteroatoms. The molecule has 0 aromatic carbocycles. The van der Waals surface area contributed by atoms with E-state index in [4.69, 9.17) is 18.9 Å². The summed E-state index contributed by atoms with van der Waals surface area (Å²) in [4.78, 5) is 12.1. The van der Waals surface area contributed by atoms with Crippen LogP contribution in [0.4, 0.5) is 0 Å². The second-order valence-electron chi connectivity index (χ2n) is 10.1. The van der Waals surface area contributed by atoms with Crippen LogP contribution in [-0.2, 0) is 23.7 Å². The third-order valence-corrected chi connectivity index (χ3v) is 7.12. The van der Waals surface area contributed by atoms with Crippen molar-refractivity contribution >= 4 is 5.78 Å². The van der Waals surface area contributed by atoms with Crippen molar-refractivity contribution < 1.29 is 59.5 Å². The van der Waals surface area contributed by atoms with Crippen LogP contribution < -0.4 is 0 Å². The highest BCUT2D eigenvalue weighted by Crippen LogP contribution is 2.32. The third kappa shape index (κ3) is 9.14. The average Bonchev–Trinajstić information content (AvgIpc) is 3.14. The van der Waals surface area contributed by atoms with Crippen molar-refractivity contribution in [2.24, 2.45) is 0 Å². The Kier molecular flexibility index (Phi) is 14.3. The Morgan fingerprint density at radius 3 is 1.95 bits per heavy atom. The summed E-state index contributed by atoms with van der Waals surface area (Å²) in [6.45, 7) is -0.159. The number of aliphatic hydroxyl groups excluding tert-OH is 7. The number of ketones is 1. The van der Waals surface area contributed by atoms with Crippen LogP contribution in [0.5, 0.6) is 0 Å². The van der Waals surface area contributed by atoms with E-state index in [0.29, 0.717) is 6.42 Å². The van der Waals surface area contributed by atoms with Gasteiger partial charge in [-0.3, -0.25) is 4.79 Å². The molecule has 0 radical (unpaired) electrons. The fraction of sp³-hybridized carbons (Fsp3) is 0.960. The van der Waals surface area contributed by atoms with E-state index in [9.17, 15) is 40.5 Å². The zero-order valence-electron chi connectivity index (χ0n) is 21.7. The number of rotatable bonds is 18. The van der Waals surface area contributed by atoms with Gasteiger partial charge < -0.3 is 54.7 Å². The van der Waals surface area contributed by atoms with E-state index >= 15 is 0 Å². The number of ether oxygens (including phenoxy) is 4. The summed E-state index contributed by atoms with van der Waals surface area (Å²) in [5.74, 6) is -0.0629. The SMILES string of the molecule is CCCCCCCCCC(=O)COCC1O[C@H](COC[C@]2(CO)O[C@H](CO)C(O)C2O)C(O)C(O)[C@@H]1O. The number of Topliss-reactive ketones (excluding diaryl/α,β-unsaturated/α-hetero) is 1. The fourth-order valence-corrected chi connectivity index (χ4v) is 4.69. The quantitative estimate of drug-likeness (QED) is 0.0992. The maximum absolute atomic E-state index is 12.1. The molecule has 12 nitrogen and oxygen atoms in total. The zero-order valence-corrected chi connectivity index (χ0v) is 21.7. The van der Waals surface area contributed by atoms with Gasteiger partial charge in [0.25, 0.3) is 0 Å². The summed E-state index contributed by atoms with van der Waals surface area (Å²) >= 11 is 0. The van der Waals surface area contributed by atoms with E-state index in [0.717, 1.165) is 19.3 Å². The molecular weight excluding hydrogens is 492 g/mol. The van der Waals surface area contributed by atoms with Gasteiger partial charge in [0, 0.05) is 6.42 Å². The van der Waals surface area contributed by atoms with Crippen molar-refractivity contribution in [3.63, 3.8) is 0 Å². The topological polar surface area (TPSA) is 196 Å². The van der Waals surface area contributed by atoms with Gasteiger partial charge in [0.1, 0.15) is 61.0 Å². The summed E-state index contributed by atoms with van der Waals surface area (Å²) in [7, 11) is 0. The van der Waals surface area contributed by atoms with E-state index < -0.39 is 74.3 Å². The molecule has 0 aliphatic carbocycles. The molecule has 2 heterocycles. The molecule has 2 saturated heterocycles. The van der Waals surface area contributed by atoms with Gasteiger partial charge in [-0.2, -0.15) is 0 Å². The lowest BCUT2D eigenvalue weighted by molar-refractivity contribution is -0.246. The predicted octanol–water partition coefficient (Wildman–Crippen LogP) is -1.58. The highest BCUT2D eigenvalue weighted by atomic mass is 16.6. The van der Waals surface area contributed by atoms with Crippen LogP contribution in [0.3, 0.4) is 0 Å². The molecule has 2 aliphatic heterocycles. The van der Waals surface area contributed by atoms with Crippen molar-refractivity contribution in [2.45, 2.75) is 113 Å². The van der Waals surface area contributed by atoms with Gasteiger partial charge in [-0.15, -0.1) is 0 Å². The minimum atomic E-state index is -1.69. The van der Waals surface area contributed by atoms with Gasteiger partial charge >= 0.3 is 0 Å². The van der Waals surface area contributed by atoms with Crippen molar-refractivity contribution in [1.82, 2.24) is 0 Å². The lowest BCUT2D eigenvalue weighted by Gasteiger charge is -2.40. The first-order valence-corrected chi connectivity index (χ1v) is 13.3. The monoisotopic (exact) mass is 538 g/mol. The first kappa shape index (κ1) is 32.4. The molecule has 218 valence electrons. The summed E-state index contributed by atoms with van der Waals surface area (Å²) in [6.07, 6.45) is -2.57. The van der Waals surface area contributed by atoms with Gasteiger partial charge in [-0.1, -0.05) is 45.4 Å². The van der Waals surface area contributed by atoms with Crippen LogP contribution in [0.15, 0.2) is 0 Å². The van der Waals surface area contributed by atoms with Gasteiger partial charge in [0.15, 0.2) is 5.78 Å². The van der Waals surface area contributed by atoms with Gasteiger partial charge in [-0.25, -0.2) is 0 Å². The molecular formula is C25H46O12. The maximum Gasteiger partial charge on any atom is 0.158 e. The first-order valence-electron chi connectivity index (χ1n) is 13.3. The number of carbonyl (C=O) groups is 1. The van der Waals surface area contributed by atoms with Crippen LogP contribution >= 0.6 is 0 Å². The number of carbonyl (C=O) groups excluding carboxylic acids is 1. The molecule has 2 aliphatic rings. The Labute approximate surface area is 218 Å². The number of aliphatic hydroxyl groups is 7. The molecule has 9 atom stereocenters. The second kappa shape index (κ2) is 16.4. The normalized spacial score (nSPS) is 36.2. The van der Waals surface area contributed by atoms with Crippen LogP contribution in [0.25, 0.3) is 0 Å². The van der Waals surface area contributed by atoms with E-state index in [1.165, 1.54) is 25.7 Å². The summed E-state index contributed by atoms with van der Waals surface area (Å²) in [5.41, 5.74) is -1.69. The zero-order chi connectivity index (χ0) is 27.4. The van der Waals surface area contributed by atoms with Crippen LogP contribution in [0, 0.1) is 0 Å². The van der Waals surface area contributed by atoms with E-state index in [-0.39, 0.29) is 25.6 Å². The lowest BCUT2D eigenvalue weighted by Crippen LogP contribution is -2.60. The number of hydrogen-bond acceptors (Lipinski definition) is 12. The Morgan fingerprint density at radius 1 is 0.784 bits per heavy atom. The molecule has 7 N–H and O–H groups in total. The summed E-state index contributed by atoms with van der Waals surface area (Å²) in [6, 6.07) is 0. The fourth-order valence-electron chi connectivity index (χ4n) is 4.69. The largest absolute Gasteiger partial charge is 0.394 e. The minimum Gasteiger partial charge on any atom is -0.394 e. The van der Waals surface area contributed by atoms with Gasteiger partial charge in [-0.05, 0) is 6.42 Å². The molecule has 0 bridgehead atoms. The highest BCUT2D eigenvalue weighted by Gasteiger charge is 2.54. The third-order valence-electron chi connectivity index (χ3n) is 7.12.